The summed E-state index contributed by atoms with van der Waals surface area (Å²) in [7, 11) is 1.99. The van der Waals surface area contributed by atoms with Gasteiger partial charge < -0.3 is 5.32 Å². The van der Waals surface area contributed by atoms with Gasteiger partial charge >= 0.3 is 0 Å². The summed E-state index contributed by atoms with van der Waals surface area (Å²) < 4.78 is 0. The molecule has 1 atom stereocenters. The highest BCUT2D eigenvalue weighted by atomic mass is 35.5. The van der Waals surface area contributed by atoms with Crippen LogP contribution < -0.4 is 5.32 Å². The molecular weight excluding hydrogens is 242 g/mol. The van der Waals surface area contributed by atoms with Crippen LogP contribution in [-0.4, -0.2) is 13.6 Å². The molecule has 0 heterocycles. The number of hydrogen-bond acceptors (Lipinski definition) is 1. The average Bonchev–Trinajstić information content (AvgIpc) is 2.39. The third-order valence-electron chi connectivity index (χ3n) is 3.10. The molecule has 18 heavy (non-hydrogen) atoms. The fourth-order valence-electron chi connectivity index (χ4n) is 2.21. The van der Waals surface area contributed by atoms with Crippen molar-refractivity contribution in [3.8, 4) is 0 Å². The van der Waals surface area contributed by atoms with Crippen molar-refractivity contribution >= 4 is 11.6 Å². The van der Waals surface area contributed by atoms with Crippen molar-refractivity contribution in [1.29, 1.82) is 0 Å². The third kappa shape index (κ3) is 3.59. The van der Waals surface area contributed by atoms with Crippen LogP contribution in [-0.2, 0) is 6.42 Å². The Morgan fingerprint density at radius 2 is 1.83 bits per heavy atom. The molecule has 0 saturated carbocycles. The molecule has 2 rings (SSSR count). The van der Waals surface area contributed by atoms with Crippen molar-refractivity contribution in [2.24, 2.45) is 0 Å². The first-order valence-corrected chi connectivity index (χ1v) is 6.61. The van der Waals surface area contributed by atoms with E-state index < -0.39 is 0 Å². The van der Waals surface area contributed by atoms with Crippen LogP contribution >= 0.6 is 11.6 Å². The minimum absolute atomic E-state index is 0.455. The Morgan fingerprint density at radius 1 is 1.06 bits per heavy atom. The Balaban J connectivity index is 2.18. The molecular formula is C16H18ClN. The molecule has 94 valence electrons. The van der Waals surface area contributed by atoms with Gasteiger partial charge in [-0.1, -0.05) is 54.1 Å². The zero-order valence-electron chi connectivity index (χ0n) is 10.6. The van der Waals surface area contributed by atoms with E-state index in [4.69, 9.17) is 11.6 Å². The molecule has 0 aromatic heterocycles. The van der Waals surface area contributed by atoms with Crippen LogP contribution in [0.15, 0.2) is 54.6 Å². The van der Waals surface area contributed by atoms with Gasteiger partial charge in [0.1, 0.15) is 0 Å². The van der Waals surface area contributed by atoms with Crippen LogP contribution in [0.3, 0.4) is 0 Å². The van der Waals surface area contributed by atoms with Gasteiger partial charge in [-0.15, -0.1) is 0 Å². The van der Waals surface area contributed by atoms with E-state index >= 15 is 0 Å². The van der Waals surface area contributed by atoms with E-state index in [-0.39, 0.29) is 0 Å². The Morgan fingerprint density at radius 3 is 2.50 bits per heavy atom. The number of likely N-dealkylation sites (N-methyl/N-ethyl adjacent to an activating group) is 1. The first-order chi connectivity index (χ1) is 8.79. The largest absolute Gasteiger partial charge is 0.319 e. The standard InChI is InChI=1S/C16H18ClN/c1-18-12-15(10-13-6-3-2-4-7-13)14-8-5-9-16(17)11-14/h2-9,11,15,18H,10,12H2,1H3. The number of benzene rings is 2. The normalized spacial score (nSPS) is 12.3. The summed E-state index contributed by atoms with van der Waals surface area (Å²) in [5.74, 6) is 0.455. The second kappa shape index (κ2) is 6.58. The van der Waals surface area contributed by atoms with Gasteiger partial charge in [-0.2, -0.15) is 0 Å². The lowest BCUT2D eigenvalue weighted by molar-refractivity contribution is 0.626. The van der Waals surface area contributed by atoms with E-state index in [1.165, 1.54) is 11.1 Å². The lowest BCUT2D eigenvalue weighted by atomic mass is 9.92. The second-order valence-electron chi connectivity index (χ2n) is 4.50. The predicted molar refractivity (Wildman–Crippen MR) is 78.3 cm³/mol. The van der Waals surface area contributed by atoms with Crippen molar-refractivity contribution in [2.75, 3.05) is 13.6 Å². The molecule has 0 radical (unpaired) electrons. The van der Waals surface area contributed by atoms with Crippen molar-refractivity contribution in [2.45, 2.75) is 12.3 Å². The molecule has 0 bridgehead atoms. The van der Waals surface area contributed by atoms with E-state index in [9.17, 15) is 0 Å². The summed E-state index contributed by atoms with van der Waals surface area (Å²) in [5, 5.41) is 4.07. The molecule has 0 aliphatic rings. The molecule has 0 saturated heterocycles. The zero-order valence-corrected chi connectivity index (χ0v) is 11.3. The molecule has 0 spiro atoms. The fourth-order valence-corrected chi connectivity index (χ4v) is 2.41. The second-order valence-corrected chi connectivity index (χ2v) is 4.94. The highest BCUT2D eigenvalue weighted by Crippen LogP contribution is 2.23. The predicted octanol–water partition coefficient (Wildman–Crippen LogP) is 3.89. The van der Waals surface area contributed by atoms with Crippen LogP contribution in [0.5, 0.6) is 0 Å². The minimum atomic E-state index is 0.455. The fraction of sp³-hybridized carbons (Fsp3) is 0.250. The Hall–Kier alpha value is -1.31. The Labute approximate surface area is 114 Å². The van der Waals surface area contributed by atoms with Crippen molar-refractivity contribution in [1.82, 2.24) is 5.32 Å². The summed E-state index contributed by atoms with van der Waals surface area (Å²) in [4.78, 5) is 0. The Bertz CT molecular complexity index is 481. The molecule has 1 nitrogen and oxygen atoms in total. The number of nitrogens with one attached hydrogen (secondary N) is 1. The van der Waals surface area contributed by atoms with Crippen molar-refractivity contribution in [3.05, 3.63) is 70.7 Å². The van der Waals surface area contributed by atoms with Gasteiger partial charge in [0.15, 0.2) is 0 Å². The maximum Gasteiger partial charge on any atom is 0.0408 e. The molecule has 2 heteroatoms. The maximum absolute atomic E-state index is 6.07. The van der Waals surface area contributed by atoms with Crippen LogP contribution in [0, 0.1) is 0 Å². The molecule has 1 unspecified atom stereocenters. The van der Waals surface area contributed by atoms with E-state index in [0.717, 1.165) is 18.0 Å². The monoisotopic (exact) mass is 259 g/mol. The van der Waals surface area contributed by atoms with E-state index in [2.05, 4.69) is 47.8 Å². The summed E-state index contributed by atoms with van der Waals surface area (Å²) in [6.45, 7) is 0.954. The summed E-state index contributed by atoms with van der Waals surface area (Å²) >= 11 is 6.07. The Kier molecular flexibility index (Phi) is 4.80. The lowest BCUT2D eigenvalue weighted by Crippen LogP contribution is -2.19. The first kappa shape index (κ1) is 13.1. The molecule has 0 aliphatic carbocycles. The van der Waals surface area contributed by atoms with E-state index in [1.807, 2.05) is 19.2 Å². The first-order valence-electron chi connectivity index (χ1n) is 6.23. The van der Waals surface area contributed by atoms with Gasteiger partial charge in [0.05, 0.1) is 0 Å². The number of rotatable bonds is 5. The highest BCUT2D eigenvalue weighted by Gasteiger charge is 2.11. The molecule has 2 aromatic carbocycles. The van der Waals surface area contributed by atoms with Crippen LogP contribution in [0.2, 0.25) is 5.02 Å². The summed E-state index contributed by atoms with van der Waals surface area (Å²) in [6.07, 6.45) is 1.03. The van der Waals surface area contributed by atoms with Gasteiger partial charge in [0.25, 0.3) is 0 Å². The molecule has 2 aromatic rings. The third-order valence-corrected chi connectivity index (χ3v) is 3.33. The van der Waals surface area contributed by atoms with Gasteiger partial charge in [-0.3, -0.25) is 0 Å². The SMILES string of the molecule is CNCC(Cc1ccccc1)c1cccc(Cl)c1. The highest BCUT2D eigenvalue weighted by molar-refractivity contribution is 6.30. The van der Waals surface area contributed by atoms with Crippen LogP contribution in [0.1, 0.15) is 17.0 Å². The topological polar surface area (TPSA) is 12.0 Å². The van der Waals surface area contributed by atoms with E-state index in [1.54, 1.807) is 0 Å². The van der Waals surface area contributed by atoms with Gasteiger partial charge in [-0.25, -0.2) is 0 Å². The molecule has 1 N–H and O–H groups in total. The average molecular weight is 260 g/mol. The van der Waals surface area contributed by atoms with Crippen LogP contribution in [0.25, 0.3) is 0 Å². The number of hydrogen-bond donors (Lipinski definition) is 1. The zero-order chi connectivity index (χ0) is 12.8. The lowest BCUT2D eigenvalue weighted by Gasteiger charge is -2.17. The minimum Gasteiger partial charge on any atom is -0.319 e. The van der Waals surface area contributed by atoms with Gasteiger partial charge in [-0.05, 0) is 36.7 Å². The molecule has 0 aliphatic heterocycles. The van der Waals surface area contributed by atoms with Crippen molar-refractivity contribution in [3.63, 3.8) is 0 Å². The summed E-state index contributed by atoms with van der Waals surface area (Å²) in [6, 6.07) is 18.7. The number of halogens is 1. The quantitative estimate of drug-likeness (QED) is 0.859. The van der Waals surface area contributed by atoms with E-state index in [0.29, 0.717) is 5.92 Å². The maximum atomic E-state index is 6.07. The van der Waals surface area contributed by atoms with Gasteiger partial charge in [0.2, 0.25) is 0 Å². The molecule has 0 amide bonds. The van der Waals surface area contributed by atoms with Gasteiger partial charge in [0, 0.05) is 17.5 Å². The smallest absolute Gasteiger partial charge is 0.0408 e. The van der Waals surface area contributed by atoms with Crippen LogP contribution in [0.4, 0.5) is 0 Å². The van der Waals surface area contributed by atoms with Crippen molar-refractivity contribution < 1.29 is 0 Å². The summed E-state index contributed by atoms with van der Waals surface area (Å²) in [5.41, 5.74) is 2.65. The molecule has 0 fully saturated rings.